The van der Waals surface area contributed by atoms with Crippen LogP contribution in [0, 0.1) is 0 Å². The highest BCUT2D eigenvalue weighted by molar-refractivity contribution is 9.10. The molecule has 0 fully saturated rings. The van der Waals surface area contributed by atoms with Gasteiger partial charge in [-0.05, 0) is 36.8 Å². The average Bonchev–Trinajstić information content (AvgIpc) is 2.67. The smallest absolute Gasteiger partial charge is 0.268 e. The summed E-state index contributed by atoms with van der Waals surface area (Å²) in [5.74, 6) is -2.67. The van der Waals surface area contributed by atoms with Gasteiger partial charge in [-0.25, -0.2) is 0 Å². The van der Waals surface area contributed by atoms with E-state index in [-0.39, 0.29) is 5.70 Å². The Balaban J connectivity index is 2.23. The number of halogens is 1. The summed E-state index contributed by atoms with van der Waals surface area (Å²) in [7, 11) is 0. The number of aliphatic carboxylic acids is 1. The third kappa shape index (κ3) is 6.51. The van der Waals surface area contributed by atoms with Crippen LogP contribution in [-0.2, 0) is 9.59 Å². The molecule has 0 saturated heterocycles. The van der Waals surface area contributed by atoms with Crippen LogP contribution in [0.3, 0.4) is 0 Å². The lowest BCUT2D eigenvalue weighted by atomic mass is 10.2. The number of allylic oxidation sites excluding steroid dienone is 2. The van der Waals surface area contributed by atoms with E-state index in [1.165, 1.54) is 13.0 Å². The van der Waals surface area contributed by atoms with E-state index in [9.17, 15) is 19.5 Å². The second-order valence-electron chi connectivity index (χ2n) is 5.83. The van der Waals surface area contributed by atoms with Gasteiger partial charge in [-0.1, -0.05) is 64.5 Å². The lowest BCUT2D eigenvalue weighted by Gasteiger charge is -2.16. The Morgan fingerprint density at radius 3 is 2.43 bits per heavy atom. The number of hydrogen-bond donors (Lipinski definition) is 2. The SMILES string of the molecule is C[C@H](NC(=O)/C(=C\C=C\c1ccccc1)NC(=O)c1cccc(Br)c1)C(=O)[O-]. The molecule has 0 aliphatic rings. The minimum Gasteiger partial charge on any atom is -0.548 e. The predicted molar refractivity (Wildman–Crippen MR) is 108 cm³/mol. The molecule has 0 spiro atoms. The first-order chi connectivity index (χ1) is 13.4. The van der Waals surface area contributed by atoms with E-state index >= 15 is 0 Å². The van der Waals surface area contributed by atoms with Crippen molar-refractivity contribution in [1.82, 2.24) is 10.6 Å². The molecular formula is C21H18BrN2O4-. The van der Waals surface area contributed by atoms with Gasteiger partial charge in [0.2, 0.25) is 0 Å². The van der Waals surface area contributed by atoms with Gasteiger partial charge in [-0.3, -0.25) is 9.59 Å². The summed E-state index contributed by atoms with van der Waals surface area (Å²) in [5.41, 5.74) is 1.15. The summed E-state index contributed by atoms with van der Waals surface area (Å²) in [6, 6.07) is 14.8. The number of rotatable bonds is 7. The second kappa shape index (κ2) is 10.2. The molecule has 2 amide bonds. The highest BCUT2D eigenvalue weighted by atomic mass is 79.9. The minimum atomic E-state index is -1.43. The fourth-order valence-electron chi connectivity index (χ4n) is 2.15. The molecule has 7 heteroatoms. The summed E-state index contributed by atoms with van der Waals surface area (Å²) < 4.78 is 0.713. The maximum atomic E-state index is 12.5. The molecule has 144 valence electrons. The lowest BCUT2D eigenvalue weighted by molar-refractivity contribution is -0.307. The summed E-state index contributed by atoms with van der Waals surface area (Å²) in [6.07, 6.45) is 4.75. The van der Waals surface area contributed by atoms with Crippen molar-refractivity contribution in [3.8, 4) is 0 Å². The number of benzene rings is 2. The van der Waals surface area contributed by atoms with E-state index in [2.05, 4.69) is 26.6 Å². The summed E-state index contributed by atoms with van der Waals surface area (Å²) in [4.78, 5) is 35.8. The number of carboxylic acid groups (broad SMARTS) is 1. The Bertz CT molecular complexity index is 923. The standard InChI is InChI=1S/C21H19BrN2O4/c1-14(21(27)28)23-20(26)18(12-5-9-15-7-3-2-4-8-15)24-19(25)16-10-6-11-17(22)13-16/h2-14H,1H3,(H,23,26)(H,24,25)(H,27,28)/p-1/b9-5+,18-12+/t14-/m0/s1. The van der Waals surface area contributed by atoms with E-state index in [1.54, 1.807) is 36.4 Å². The zero-order chi connectivity index (χ0) is 20.5. The molecule has 2 aromatic carbocycles. The van der Waals surface area contributed by atoms with Crippen molar-refractivity contribution in [2.24, 2.45) is 0 Å². The molecule has 1 atom stereocenters. The molecule has 28 heavy (non-hydrogen) atoms. The zero-order valence-corrected chi connectivity index (χ0v) is 16.6. The molecule has 0 aromatic heterocycles. The third-order valence-corrected chi connectivity index (χ3v) is 4.13. The number of nitrogens with one attached hydrogen (secondary N) is 2. The van der Waals surface area contributed by atoms with Crippen molar-refractivity contribution in [1.29, 1.82) is 0 Å². The van der Waals surface area contributed by atoms with E-state index in [0.29, 0.717) is 10.0 Å². The van der Waals surface area contributed by atoms with Gasteiger partial charge in [0.05, 0.1) is 12.0 Å². The summed E-state index contributed by atoms with van der Waals surface area (Å²) >= 11 is 3.28. The maximum absolute atomic E-state index is 12.5. The van der Waals surface area contributed by atoms with Crippen LogP contribution in [0.2, 0.25) is 0 Å². The maximum Gasteiger partial charge on any atom is 0.268 e. The first-order valence-electron chi connectivity index (χ1n) is 8.39. The first kappa shape index (κ1) is 21.1. The first-order valence-corrected chi connectivity index (χ1v) is 9.18. The van der Waals surface area contributed by atoms with E-state index in [4.69, 9.17) is 0 Å². The number of carbonyl (C=O) groups is 3. The van der Waals surface area contributed by atoms with E-state index in [0.717, 1.165) is 5.56 Å². The Labute approximate surface area is 171 Å². The molecule has 2 N–H and O–H groups in total. The summed E-state index contributed by atoms with van der Waals surface area (Å²) in [5, 5.41) is 15.7. The summed E-state index contributed by atoms with van der Waals surface area (Å²) in [6.45, 7) is 1.28. The number of carbonyl (C=O) groups excluding carboxylic acids is 3. The topological polar surface area (TPSA) is 98.3 Å². The van der Waals surface area contributed by atoms with Crippen molar-refractivity contribution in [3.63, 3.8) is 0 Å². The molecule has 2 aromatic rings. The zero-order valence-electron chi connectivity index (χ0n) is 15.0. The van der Waals surface area contributed by atoms with E-state index in [1.807, 2.05) is 30.3 Å². The van der Waals surface area contributed by atoms with Crippen LogP contribution >= 0.6 is 15.9 Å². The van der Waals surface area contributed by atoms with Gasteiger partial charge in [0, 0.05) is 10.0 Å². The molecule has 0 heterocycles. The number of carboxylic acids is 1. The predicted octanol–water partition coefficient (Wildman–Crippen LogP) is 2.03. The van der Waals surface area contributed by atoms with Gasteiger partial charge in [0.1, 0.15) is 5.70 Å². The normalized spacial score (nSPS) is 12.4. The third-order valence-electron chi connectivity index (χ3n) is 3.63. The Morgan fingerprint density at radius 1 is 1.07 bits per heavy atom. The van der Waals surface area contributed by atoms with Crippen molar-refractivity contribution in [2.75, 3.05) is 0 Å². The largest absolute Gasteiger partial charge is 0.548 e. The lowest BCUT2D eigenvalue weighted by Crippen LogP contribution is -2.48. The number of hydrogen-bond acceptors (Lipinski definition) is 4. The fraction of sp³-hybridized carbons (Fsp3) is 0.0952. The van der Waals surface area contributed by atoms with Gasteiger partial charge in [-0.2, -0.15) is 0 Å². The van der Waals surface area contributed by atoms with E-state index < -0.39 is 23.8 Å². The van der Waals surface area contributed by atoms with Gasteiger partial charge >= 0.3 is 0 Å². The van der Waals surface area contributed by atoms with Crippen LogP contribution in [0.25, 0.3) is 6.08 Å². The molecule has 0 aliphatic heterocycles. The molecule has 0 saturated carbocycles. The molecule has 0 aliphatic carbocycles. The van der Waals surface area contributed by atoms with Gasteiger partial charge in [0.15, 0.2) is 0 Å². The monoisotopic (exact) mass is 441 g/mol. The average molecular weight is 442 g/mol. The molecular weight excluding hydrogens is 424 g/mol. The Kier molecular flexibility index (Phi) is 7.71. The highest BCUT2D eigenvalue weighted by Gasteiger charge is 2.16. The van der Waals surface area contributed by atoms with Crippen LogP contribution in [0.1, 0.15) is 22.8 Å². The van der Waals surface area contributed by atoms with Gasteiger partial charge in [-0.15, -0.1) is 0 Å². The van der Waals surface area contributed by atoms with Crippen LogP contribution in [0.15, 0.2) is 76.9 Å². The quantitative estimate of drug-likeness (QED) is 0.507. The molecule has 0 bridgehead atoms. The van der Waals surface area contributed by atoms with Crippen LogP contribution in [0.5, 0.6) is 0 Å². The highest BCUT2D eigenvalue weighted by Crippen LogP contribution is 2.12. The van der Waals surface area contributed by atoms with Crippen molar-refractivity contribution < 1.29 is 19.5 Å². The van der Waals surface area contributed by atoms with Crippen molar-refractivity contribution >= 4 is 39.8 Å². The van der Waals surface area contributed by atoms with Crippen LogP contribution in [-0.4, -0.2) is 23.8 Å². The molecule has 0 unspecified atom stereocenters. The van der Waals surface area contributed by atoms with Crippen LogP contribution < -0.4 is 15.7 Å². The number of amides is 2. The molecule has 2 rings (SSSR count). The second-order valence-corrected chi connectivity index (χ2v) is 6.74. The Hall–Kier alpha value is -3.19. The molecule has 6 nitrogen and oxygen atoms in total. The Morgan fingerprint density at radius 2 is 1.79 bits per heavy atom. The van der Waals surface area contributed by atoms with Gasteiger partial charge in [0.25, 0.3) is 11.8 Å². The molecule has 0 radical (unpaired) electrons. The van der Waals surface area contributed by atoms with Crippen molar-refractivity contribution in [3.05, 3.63) is 88.0 Å². The minimum absolute atomic E-state index is 0.0924. The van der Waals surface area contributed by atoms with Gasteiger partial charge < -0.3 is 20.5 Å². The fourth-order valence-corrected chi connectivity index (χ4v) is 2.55. The van der Waals surface area contributed by atoms with Crippen molar-refractivity contribution in [2.45, 2.75) is 13.0 Å². The van der Waals surface area contributed by atoms with Crippen LogP contribution in [0.4, 0.5) is 0 Å².